The number of nitrogens with one attached hydrogen (secondary N) is 2. The van der Waals surface area contributed by atoms with Crippen molar-refractivity contribution in [3.8, 4) is 0 Å². The summed E-state index contributed by atoms with van der Waals surface area (Å²) in [5.74, 6) is 1.10. The molecular formula is C19H34F3N5O2. The van der Waals surface area contributed by atoms with Crippen molar-refractivity contribution < 1.29 is 22.7 Å². The maximum atomic E-state index is 12.4. The lowest BCUT2D eigenvalue weighted by atomic mass is 9.93. The molecule has 0 radical (unpaired) electrons. The number of piperidine rings is 1. The van der Waals surface area contributed by atoms with Gasteiger partial charge in [-0.25, -0.2) is 4.79 Å². The molecule has 29 heavy (non-hydrogen) atoms. The number of carbonyl (C=O) groups excluding carboxylic acids is 1. The van der Waals surface area contributed by atoms with Crippen LogP contribution in [-0.4, -0.2) is 86.0 Å². The van der Waals surface area contributed by atoms with Crippen molar-refractivity contribution in [3.05, 3.63) is 0 Å². The van der Waals surface area contributed by atoms with E-state index in [1.54, 1.807) is 11.9 Å². The third-order valence-electron chi connectivity index (χ3n) is 5.05. The van der Waals surface area contributed by atoms with Gasteiger partial charge < -0.3 is 20.3 Å². The number of ether oxygens (including phenoxy) is 1. The molecule has 0 saturated carbocycles. The highest BCUT2D eigenvalue weighted by molar-refractivity contribution is 5.80. The fourth-order valence-electron chi connectivity index (χ4n) is 3.51. The number of hydrogen-bond donors (Lipinski definition) is 2. The Bertz CT molecular complexity index is 563. The standard InChI is InChI=1S/C19H34F3N5O2/c1-18(2,3)29-17(28)27-11-15(12-27)25-16(23-4)24-8-5-14-6-9-26(10-7-14)13-19(20,21)22/h14-15H,5-13H2,1-4H3,(H2,23,24,25). The van der Waals surface area contributed by atoms with Crippen LogP contribution < -0.4 is 10.6 Å². The summed E-state index contributed by atoms with van der Waals surface area (Å²) in [6.07, 6.45) is -1.95. The summed E-state index contributed by atoms with van der Waals surface area (Å²) in [6, 6.07) is 0.124. The van der Waals surface area contributed by atoms with Gasteiger partial charge in [0.1, 0.15) is 5.60 Å². The predicted molar refractivity (Wildman–Crippen MR) is 106 cm³/mol. The molecule has 0 aromatic carbocycles. The van der Waals surface area contributed by atoms with Crippen LogP contribution in [0.25, 0.3) is 0 Å². The van der Waals surface area contributed by atoms with E-state index in [2.05, 4.69) is 15.6 Å². The minimum absolute atomic E-state index is 0.124. The van der Waals surface area contributed by atoms with Gasteiger partial charge in [-0.2, -0.15) is 13.2 Å². The summed E-state index contributed by atoms with van der Waals surface area (Å²) in [5, 5.41) is 6.54. The molecule has 2 rings (SSSR count). The molecular weight excluding hydrogens is 387 g/mol. The first-order valence-corrected chi connectivity index (χ1v) is 10.2. The maximum Gasteiger partial charge on any atom is 0.410 e. The number of likely N-dealkylation sites (tertiary alicyclic amines) is 2. The summed E-state index contributed by atoms with van der Waals surface area (Å²) < 4.78 is 42.7. The van der Waals surface area contributed by atoms with Gasteiger partial charge in [0.25, 0.3) is 0 Å². The van der Waals surface area contributed by atoms with Gasteiger partial charge in [-0.05, 0) is 59.0 Å². The molecule has 2 aliphatic rings. The molecule has 2 aliphatic heterocycles. The van der Waals surface area contributed by atoms with Crippen LogP contribution in [0.1, 0.15) is 40.0 Å². The fraction of sp³-hybridized carbons (Fsp3) is 0.895. The molecule has 1 amide bonds. The van der Waals surface area contributed by atoms with Crippen LogP contribution in [-0.2, 0) is 4.74 Å². The molecule has 0 bridgehead atoms. The van der Waals surface area contributed by atoms with Gasteiger partial charge in [0.2, 0.25) is 0 Å². The number of carbonyl (C=O) groups is 1. The van der Waals surface area contributed by atoms with Crippen LogP contribution >= 0.6 is 0 Å². The third kappa shape index (κ3) is 8.67. The average molecular weight is 422 g/mol. The number of amides is 1. The Balaban J connectivity index is 1.59. The smallest absolute Gasteiger partial charge is 0.410 e. The van der Waals surface area contributed by atoms with Gasteiger partial charge in [0.15, 0.2) is 5.96 Å². The predicted octanol–water partition coefficient (Wildman–Crippen LogP) is 2.44. The fourth-order valence-corrected chi connectivity index (χ4v) is 3.51. The van der Waals surface area contributed by atoms with Crippen molar-refractivity contribution in [2.45, 2.75) is 57.9 Å². The summed E-state index contributed by atoms with van der Waals surface area (Å²) >= 11 is 0. The van der Waals surface area contributed by atoms with E-state index < -0.39 is 18.3 Å². The molecule has 2 saturated heterocycles. The van der Waals surface area contributed by atoms with E-state index in [1.807, 2.05) is 20.8 Å². The van der Waals surface area contributed by atoms with E-state index in [9.17, 15) is 18.0 Å². The quantitative estimate of drug-likeness (QED) is 0.527. The van der Waals surface area contributed by atoms with Gasteiger partial charge in [0.05, 0.1) is 12.6 Å². The van der Waals surface area contributed by atoms with E-state index in [1.165, 1.54) is 4.90 Å². The third-order valence-corrected chi connectivity index (χ3v) is 5.05. The number of halogens is 3. The van der Waals surface area contributed by atoms with Crippen molar-refractivity contribution in [2.75, 3.05) is 46.3 Å². The first kappa shape index (κ1) is 23.6. The van der Waals surface area contributed by atoms with Crippen molar-refractivity contribution in [1.29, 1.82) is 0 Å². The molecule has 2 N–H and O–H groups in total. The lowest BCUT2D eigenvalue weighted by molar-refractivity contribution is -0.148. The minimum Gasteiger partial charge on any atom is -0.444 e. The summed E-state index contributed by atoms with van der Waals surface area (Å²) in [6.45, 7) is 7.55. The summed E-state index contributed by atoms with van der Waals surface area (Å²) in [4.78, 5) is 19.3. The molecule has 0 spiro atoms. The number of nitrogens with zero attached hydrogens (tertiary/aromatic N) is 3. The Morgan fingerprint density at radius 1 is 1.17 bits per heavy atom. The van der Waals surface area contributed by atoms with E-state index >= 15 is 0 Å². The number of hydrogen-bond acceptors (Lipinski definition) is 4. The summed E-state index contributed by atoms with van der Waals surface area (Å²) in [7, 11) is 1.69. The van der Waals surface area contributed by atoms with Crippen molar-refractivity contribution in [2.24, 2.45) is 10.9 Å². The van der Waals surface area contributed by atoms with Crippen LogP contribution in [0.3, 0.4) is 0 Å². The zero-order chi connectivity index (χ0) is 21.7. The number of guanidine groups is 1. The van der Waals surface area contributed by atoms with Crippen LogP contribution in [0.4, 0.5) is 18.0 Å². The number of alkyl halides is 3. The molecule has 10 heteroatoms. The Hall–Kier alpha value is -1.71. The van der Waals surface area contributed by atoms with Crippen LogP contribution in [0, 0.1) is 5.92 Å². The number of rotatable bonds is 5. The molecule has 0 aliphatic carbocycles. The zero-order valence-corrected chi connectivity index (χ0v) is 17.8. The van der Waals surface area contributed by atoms with Gasteiger partial charge in [-0.15, -0.1) is 0 Å². The lowest BCUT2D eigenvalue weighted by Gasteiger charge is -2.40. The molecule has 0 aromatic rings. The van der Waals surface area contributed by atoms with Gasteiger partial charge in [0, 0.05) is 26.7 Å². The first-order valence-electron chi connectivity index (χ1n) is 10.2. The molecule has 0 unspecified atom stereocenters. The first-order chi connectivity index (χ1) is 13.4. The van der Waals surface area contributed by atoms with Crippen LogP contribution in [0.2, 0.25) is 0 Å². The van der Waals surface area contributed by atoms with Gasteiger partial charge in [-0.3, -0.25) is 9.89 Å². The molecule has 2 heterocycles. The highest BCUT2D eigenvalue weighted by Crippen LogP contribution is 2.24. The largest absolute Gasteiger partial charge is 0.444 e. The lowest BCUT2D eigenvalue weighted by Crippen LogP contribution is -2.63. The van der Waals surface area contributed by atoms with Gasteiger partial charge >= 0.3 is 12.3 Å². The maximum absolute atomic E-state index is 12.4. The van der Waals surface area contributed by atoms with E-state index in [-0.39, 0.29) is 12.1 Å². The van der Waals surface area contributed by atoms with Crippen LogP contribution in [0.5, 0.6) is 0 Å². The Kier molecular flexibility index (Phi) is 8.02. The number of aliphatic imine (C=N–C) groups is 1. The second kappa shape index (κ2) is 9.86. The van der Waals surface area contributed by atoms with E-state index in [0.29, 0.717) is 44.6 Å². The van der Waals surface area contributed by atoms with Crippen molar-refractivity contribution in [3.63, 3.8) is 0 Å². The summed E-state index contributed by atoms with van der Waals surface area (Å²) in [5.41, 5.74) is -0.504. The molecule has 7 nitrogen and oxygen atoms in total. The normalized spacial score (nSPS) is 20.4. The van der Waals surface area contributed by atoms with E-state index in [4.69, 9.17) is 4.74 Å². The Morgan fingerprint density at radius 3 is 2.31 bits per heavy atom. The van der Waals surface area contributed by atoms with Crippen molar-refractivity contribution in [1.82, 2.24) is 20.4 Å². The second-order valence-electron chi connectivity index (χ2n) is 8.85. The SMILES string of the molecule is CN=C(NCCC1CCN(CC(F)(F)F)CC1)NC1CN(C(=O)OC(C)(C)C)C1. The Morgan fingerprint density at radius 2 is 1.79 bits per heavy atom. The highest BCUT2D eigenvalue weighted by Gasteiger charge is 2.34. The van der Waals surface area contributed by atoms with Crippen LogP contribution in [0.15, 0.2) is 4.99 Å². The molecule has 2 fully saturated rings. The minimum atomic E-state index is -4.12. The zero-order valence-electron chi connectivity index (χ0n) is 17.8. The second-order valence-corrected chi connectivity index (χ2v) is 8.85. The molecule has 0 atom stereocenters. The monoisotopic (exact) mass is 421 g/mol. The molecule has 0 aromatic heterocycles. The van der Waals surface area contributed by atoms with Gasteiger partial charge in [-0.1, -0.05) is 0 Å². The topological polar surface area (TPSA) is 69.2 Å². The Labute approximate surface area is 171 Å². The highest BCUT2D eigenvalue weighted by atomic mass is 19.4. The average Bonchev–Trinajstić information content (AvgIpc) is 2.54. The van der Waals surface area contributed by atoms with Crippen molar-refractivity contribution >= 4 is 12.1 Å². The molecule has 168 valence electrons. The van der Waals surface area contributed by atoms with E-state index in [0.717, 1.165) is 19.3 Å².